The maximum absolute atomic E-state index is 12.8. The molecule has 1 aliphatic heterocycles. The molecule has 0 bridgehead atoms. The molecule has 2 aromatic carbocycles. The molecule has 9 heteroatoms. The molecule has 0 aromatic heterocycles. The van der Waals surface area contributed by atoms with Gasteiger partial charge in [-0.15, -0.1) is 0 Å². The molecule has 0 unspecified atom stereocenters. The third kappa shape index (κ3) is 3.98. The molecule has 150 valence electrons. The largest absolute Gasteiger partial charge is 0.507 e. The number of carbonyl (C=O) groups is 2. The van der Waals surface area contributed by atoms with Gasteiger partial charge < -0.3 is 14.7 Å². The first-order valence-corrected chi connectivity index (χ1v) is 9.00. The van der Waals surface area contributed by atoms with Crippen LogP contribution >= 0.6 is 11.6 Å². The van der Waals surface area contributed by atoms with E-state index in [0.29, 0.717) is 16.1 Å². The second-order valence-corrected chi connectivity index (χ2v) is 6.78. The Labute approximate surface area is 171 Å². The lowest BCUT2D eigenvalue weighted by molar-refractivity contribution is -0.384. The molecule has 2 aromatic rings. The van der Waals surface area contributed by atoms with Gasteiger partial charge in [0, 0.05) is 36.4 Å². The number of Topliss-reactive ketones (excluding diaryl/α,β-unsaturated/α-hetero) is 1. The molecule has 29 heavy (non-hydrogen) atoms. The number of nitro benzene ring substituents is 1. The number of non-ortho nitro benzene ring substituents is 1. The van der Waals surface area contributed by atoms with Crippen LogP contribution in [-0.4, -0.2) is 46.9 Å². The smallest absolute Gasteiger partial charge is 0.295 e. The fourth-order valence-electron chi connectivity index (χ4n) is 3.22. The van der Waals surface area contributed by atoms with E-state index in [1.807, 2.05) is 0 Å². The minimum Gasteiger partial charge on any atom is -0.507 e. The van der Waals surface area contributed by atoms with Crippen molar-refractivity contribution < 1.29 is 24.4 Å². The highest BCUT2D eigenvalue weighted by Gasteiger charge is 2.46. The maximum Gasteiger partial charge on any atom is 0.295 e. The van der Waals surface area contributed by atoms with E-state index in [4.69, 9.17) is 16.3 Å². The number of rotatable bonds is 6. The molecule has 1 fully saturated rings. The van der Waals surface area contributed by atoms with Gasteiger partial charge in [0.25, 0.3) is 17.4 Å². The van der Waals surface area contributed by atoms with Crippen LogP contribution in [0.4, 0.5) is 5.69 Å². The predicted octanol–water partition coefficient (Wildman–Crippen LogP) is 3.32. The first kappa shape index (κ1) is 20.5. The summed E-state index contributed by atoms with van der Waals surface area (Å²) in [4.78, 5) is 37.2. The van der Waals surface area contributed by atoms with Crippen molar-refractivity contribution in [3.63, 3.8) is 0 Å². The van der Waals surface area contributed by atoms with E-state index in [1.54, 1.807) is 18.2 Å². The fourth-order valence-corrected chi connectivity index (χ4v) is 3.34. The van der Waals surface area contributed by atoms with Crippen LogP contribution in [0.25, 0.3) is 5.76 Å². The lowest BCUT2D eigenvalue weighted by Gasteiger charge is -2.24. The van der Waals surface area contributed by atoms with E-state index in [-0.39, 0.29) is 30.2 Å². The van der Waals surface area contributed by atoms with E-state index < -0.39 is 22.7 Å². The highest BCUT2D eigenvalue weighted by atomic mass is 35.5. The molecule has 3 rings (SSSR count). The number of aliphatic hydroxyl groups excluding tert-OH is 1. The molecule has 0 spiro atoms. The number of nitrogens with zero attached hydrogens (tertiary/aromatic N) is 2. The summed E-state index contributed by atoms with van der Waals surface area (Å²) < 4.78 is 5.02. The Bertz CT molecular complexity index is 1000. The molecule has 1 N–H and O–H groups in total. The zero-order valence-electron chi connectivity index (χ0n) is 15.4. The zero-order valence-corrected chi connectivity index (χ0v) is 16.1. The van der Waals surface area contributed by atoms with Crippen LogP contribution in [0, 0.1) is 10.1 Å². The van der Waals surface area contributed by atoms with E-state index in [0.717, 1.165) is 0 Å². The number of hydrogen-bond donors (Lipinski definition) is 1. The van der Waals surface area contributed by atoms with Crippen molar-refractivity contribution in [1.82, 2.24) is 4.90 Å². The first-order valence-electron chi connectivity index (χ1n) is 8.62. The number of halogens is 1. The van der Waals surface area contributed by atoms with Crippen LogP contribution in [0.5, 0.6) is 0 Å². The van der Waals surface area contributed by atoms with Crippen LogP contribution in [0.2, 0.25) is 5.02 Å². The SMILES string of the molecule is COCCN1C(=O)C(=O)/C(=C(/O)c2ccc(Cl)cc2)[C@@H]1c1cccc([N+](=O)[O-])c1. The summed E-state index contributed by atoms with van der Waals surface area (Å²) in [6.07, 6.45) is 0. The topological polar surface area (TPSA) is 110 Å². The molecule has 1 aliphatic rings. The molecule has 8 nitrogen and oxygen atoms in total. The minimum absolute atomic E-state index is 0.0752. The van der Waals surface area contributed by atoms with Crippen LogP contribution in [0.3, 0.4) is 0 Å². The molecular formula is C20H17ClN2O6. The molecular weight excluding hydrogens is 400 g/mol. The van der Waals surface area contributed by atoms with Crippen molar-refractivity contribution in [3.05, 3.63) is 80.4 Å². The first-order chi connectivity index (χ1) is 13.8. The number of likely N-dealkylation sites (tertiary alicyclic amines) is 1. The van der Waals surface area contributed by atoms with Crippen molar-refractivity contribution in [3.8, 4) is 0 Å². The van der Waals surface area contributed by atoms with Crippen molar-refractivity contribution in [2.75, 3.05) is 20.3 Å². The highest BCUT2D eigenvalue weighted by molar-refractivity contribution is 6.46. The van der Waals surface area contributed by atoms with Crippen molar-refractivity contribution in [2.24, 2.45) is 0 Å². The summed E-state index contributed by atoms with van der Waals surface area (Å²) in [6.45, 7) is 0.227. The molecule has 1 saturated heterocycles. The van der Waals surface area contributed by atoms with E-state index in [2.05, 4.69) is 0 Å². The molecule has 0 radical (unpaired) electrons. The highest BCUT2D eigenvalue weighted by Crippen LogP contribution is 2.40. The van der Waals surface area contributed by atoms with Crippen molar-refractivity contribution in [2.45, 2.75) is 6.04 Å². The van der Waals surface area contributed by atoms with Gasteiger partial charge >= 0.3 is 0 Å². The molecule has 0 saturated carbocycles. The van der Waals surface area contributed by atoms with Crippen LogP contribution < -0.4 is 0 Å². The standard InChI is InChI=1S/C20H17ClN2O6/c1-29-10-9-22-17(13-3-2-4-15(11-13)23(27)28)16(19(25)20(22)26)18(24)12-5-7-14(21)8-6-12/h2-8,11,17,24H,9-10H2,1H3/b18-16+/t17-/m0/s1. The number of carbonyl (C=O) groups excluding carboxylic acids is 2. The third-order valence-corrected chi connectivity index (χ3v) is 4.84. The van der Waals surface area contributed by atoms with Gasteiger partial charge in [-0.25, -0.2) is 0 Å². The van der Waals surface area contributed by atoms with E-state index >= 15 is 0 Å². The minimum atomic E-state index is -0.985. The van der Waals surface area contributed by atoms with Gasteiger partial charge in [0.1, 0.15) is 5.76 Å². The Kier molecular flexibility index (Phi) is 5.95. The second kappa shape index (κ2) is 8.42. The van der Waals surface area contributed by atoms with Crippen LogP contribution in [0.1, 0.15) is 17.2 Å². The second-order valence-electron chi connectivity index (χ2n) is 6.34. The van der Waals surface area contributed by atoms with E-state index in [9.17, 15) is 24.8 Å². The normalized spacial score (nSPS) is 18.3. The van der Waals surface area contributed by atoms with Crippen molar-refractivity contribution in [1.29, 1.82) is 0 Å². The fraction of sp³-hybridized carbons (Fsp3) is 0.200. The molecule has 1 amide bonds. The summed E-state index contributed by atoms with van der Waals surface area (Å²) >= 11 is 5.88. The van der Waals surface area contributed by atoms with Gasteiger partial charge in [0.2, 0.25) is 0 Å². The van der Waals surface area contributed by atoms with Gasteiger partial charge in [-0.1, -0.05) is 23.7 Å². The number of hydrogen-bond acceptors (Lipinski definition) is 6. The van der Waals surface area contributed by atoms with Crippen LogP contribution in [0.15, 0.2) is 54.1 Å². The van der Waals surface area contributed by atoms with Gasteiger partial charge in [0.15, 0.2) is 0 Å². The summed E-state index contributed by atoms with van der Waals surface area (Å²) in [5.41, 5.74) is 0.305. The Morgan fingerprint density at radius 2 is 1.93 bits per heavy atom. The number of benzene rings is 2. The summed E-state index contributed by atoms with van der Waals surface area (Å²) in [5.74, 6) is -2.06. The molecule has 1 atom stereocenters. The molecule has 1 heterocycles. The lowest BCUT2D eigenvalue weighted by Crippen LogP contribution is -2.32. The Balaban J connectivity index is 2.18. The average Bonchev–Trinajstić information content (AvgIpc) is 2.97. The number of methoxy groups -OCH3 is 1. The Hall–Kier alpha value is -3.23. The predicted molar refractivity (Wildman–Crippen MR) is 105 cm³/mol. The number of aliphatic hydroxyl groups is 1. The van der Waals surface area contributed by atoms with E-state index in [1.165, 1.54) is 42.3 Å². The third-order valence-electron chi connectivity index (χ3n) is 4.59. The monoisotopic (exact) mass is 416 g/mol. The summed E-state index contributed by atoms with van der Waals surface area (Å²) in [6, 6.07) is 10.8. The van der Waals surface area contributed by atoms with Gasteiger partial charge in [-0.3, -0.25) is 19.7 Å². The lowest BCUT2D eigenvalue weighted by atomic mass is 9.95. The zero-order chi connectivity index (χ0) is 21.1. The number of amides is 1. The number of ether oxygens (including phenoxy) is 1. The number of ketones is 1. The quantitative estimate of drug-likeness (QED) is 0.254. The van der Waals surface area contributed by atoms with Crippen LogP contribution in [-0.2, 0) is 14.3 Å². The number of nitro groups is 1. The Morgan fingerprint density at radius 1 is 1.24 bits per heavy atom. The van der Waals surface area contributed by atoms with Crippen molar-refractivity contribution >= 4 is 34.7 Å². The average molecular weight is 417 g/mol. The van der Waals surface area contributed by atoms with Gasteiger partial charge in [0.05, 0.1) is 23.1 Å². The summed E-state index contributed by atoms with van der Waals surface area (Å²) in [5, 5.41) is 22.4. The Morgan fingerprint density at radius 3 is 2.55 bits per heavy atom. The van der Waals surface area contributed by atoms with Gasteiger partial charge in [-0.05, 0) is 29.8 Å². The summed E-state index contributed by atoms with van der Waals surface area (Å²) in [7, 11) is 1.45. The molecule has 0 aliphatic carbocycles. The van der Waals surface area contributed by atoms with Gasteiger partial charge in [-0.2, -0.15) is 0 Å². The maximum atomic E-state index is 12.8.